The van der Waals surface area contributed by atoms with Gasteiger partial charge in [0.1, 0.15) is 0 Å². The van der Waals surface area contributed by atoms with Crippen molar-refractivity contribution in [3.05, 3.63) is 42.1 Å². The maximum Gasteiger partial charge on any atom is 0.0746 e. The number of hydrogen-bond acceptors (Lipinski definition) is 2. The number of halogens is 1. The molecule has 1 saturated carbocycles. The fourth-order valence-electron chi connectivity index (χ4n) is 2.89. The molecule has 1 heterocycles. The lowest BCUT2D eigenvalue weighted by Gasteiger charge is -2.34. The summed E-state index contributed by atoms with van der Waals surface area (Å²) in [7, 11) is 2.21. The van der Waals surface area contributed by atoms with Crippen LogP contribution in [0.2, 0.25) is 0 Å². The quantitative estimate of drug-likeness (QED) is 0.796. The molecular weight excluding hydrogens is 300 g/mol. The summed E-state index contributed by atoms with van der Waals surface area (Å²) in [6.45, 7) is 2.17. The van der Waals surface area contributed by atoms with Crippen LogP contribution in [0.15, 0.2) is 36.5 Å². The Bertz CT molecular complexity index is 558. The van der Waals surface area contributed by atoms with E-state index in [9.17, 15) is 0 Å². The van der Waals surface area contributed by atoms with Crippen molar-refractivity contribution in [2.45, 2.75) is 24.2 Å². The zero-order valence-electron chi connectivity index (χ0n) is 11.2. The van der Waals surface area contributed by atoms with Gasteiger partial charge in [-0.25, -0.2) is 0 Å². The number of rotatable bonds is 4. The van der Waals surface area contributed by atoms with Crippen molar-refractivity contribution in [3.63, 3.8) is 0 Å². The molecule has 1 aliphatic rings. The maximum atomic E-state index is 4.53. The van der Waals surface area contributed by atoms with E-state index in [0.29, 0.717) is 0 Å². The Morgan fingerprint density at radius 2 is 2.05 bits per heavy atom. The molecule has 0 spiro atoms. The fourth-order valence-corrected chi connectivity index (χ4v) is 3.95. The molecule has 1 aromatic carbocycles. The topological polar surface area (TPSA) is 16.1 Å². The summed E-state index contributed by atoms with van der Waals surface area (Å²) in [5.74, 6) is 0.859. The molecule has 0 saturated heterocycles. The molecule has 19 heavy (non-hydrogen) atoms. The summed E-state index contributed by atoms with van der Waals surface area (Å²) in [6.07, 6.45) is 4.52. The second-order valence-corrected chi connectivity index (χ2v) is 6.92. The number of aromatic nitrogens is 1. The van der Waals surface area contributed by atoms with Crippen LogP contribution in [0.4, 0.5) is 0 Å². The summed E-state index contributed by atoms with van der Waals surface area (Å²) >= 11 is 3.66. The predicted octanol–water partition coefficient (Wildman–Crippen LogP) is 3.84. The van der Waals surface area contributed by atoms with E-state index >= 15 is 0 Å². The van der Waals surface area contributed by atoms with Gasteiger partial charge >= 0.3 is 0 Å². The summed E-state index contributed by atoms with van der Waals surface area (Å²) in [6, 6.07) is 10.6. The number of hydrogen-bond donors (Lipinski definition) is 0. The van der Waals surface area contributed by atoms with E-state index in [1.54, 1.807) is 0 Å². The first-order valence-corrected chi connectivity index (χ1v) is 7.79. The molecule has 2 aromatic rings. The first-order valence-electron chi connectivity index (χ1n) is 6.87. The van der Waals surface area contributed by atoms with Gasteiger partial charge in [-0.05, 0) is 37.4 Å². The minimum atomic E-state index is 0.755. The average molecular weight is 319 g/mol. The monoisotopic (exact) mass is 318 g/mol. The third-order valence-corrected chi connectivity index (χ3v) is 4.65. The van der Waals surface area contributed by atoms with Gasteiger partial charge in [-0.2, -0.15) is 0 Å². The Labute approximate surface area is 123 Å². The molecule has 100 valence electrons. The Kier molecular flexibility index (Phi) is 3.85. The van der Waals surface area contributed by atoms with Gasteiger partial charge in [-0.1, -0.05) is 40.2 Å². The van der Waals surface area contributed by atoms with E-state index in [2.05, 4.69) is 57.1 Å². The molecule has 1 aromatic heterocycles. The van der Waals surface area contributed by atoms with Crippen molar-refractivity contribution < 1.29 is 0 Å². The third-order valence-electron chi connectivity index (χ3n) is 3.90. The third kappa shape index (κ3) is 2.98. The molecule has 1 aliphatic carbocycles. The Hall–Kier alpha value is -0.930. The van der Waals surface area contributed by atoms with E-state index < -0.39 is 0 Å². The number of benzene rings is 1. The van der Waals surface area contributed by atoms with Crippen molar-refractivity contribution in [1.82, 2.24) is 9.88 Å². The molecule has 0 atom stereocenters. The van der Waals surface area contributed by atoms with Gasteiger partial charge in [0.25, 0.3) is 0 Å². The van der Waals surface area contributed by atoms with E-state index in [1.165, 1.54) is 30.3 Å². The van der Waals surface area contributed by atoms with Gasteiger partial charge in [0, 0.05) is 29.5 Å². The van der Waals surface area contributed by atoms with Gasteiger partial charge in [0.15, 0.2) is 0 Å². The predicted molar refractivity (Wildman–Crippen MR) is 83.5 cm³/mol. The van der Waals surface area contributed by atoms with Gasteiger partial charge in [-0.15, -0.1) is 0 Å². The van der Waals surface area contributed by atoms with Crippen LogP contribution in [0.1, 0.15) is 18.4 Å². The van der Waals surface area contributed by atoms with Crippen LogP contribution in [0, 0.1) is 5.92 Å². The molecule has 0 unspecified atom stereocenters. The molecule has 0 amide bonds. The first kappa shape index (κ1) is 13.1. The van der Waals surface area contributed by atoms with Gasteiger partial charge in [-0.3, -0.25) is 4.98 Å². The lowest BCUT2D eigenvalue weighted by Crippen LogP contribution is -2.34. The maximum absolute atomic E-state index is 4.53. The highest BCUT2D eigenvalue weighted by molar-refractivity contribution is 9.09. The number of nitrogens with zero attached hydrogens (tertiary/aromatic N) is 2. The van der Waals surface area contributed by atoms with E-state index in [4.69, 9.17) is 0 Å². The fraction of sp³-hybridized carbons (Fsp3) is 0.438. The largest absolute Gasteiger partial charge is 0.302 e. The van der Waals surface area contributed by atoms with E-state index in [0.717, 1.165) is 22.8 Å². The number of fused-ring (bicyclic) bond motifs is 1. The Morgan fingerprint density at radius 3 is 2.84 bits per heavy atom. The summed E-state index contributed by atoms with van der Waals surface area (Å²) in [5, 5.41) is 1.23. The van der Waals surface area contributed by atoms with Crippen molar-refractivity contribution in [1.29, 1.82) is 0 Å². The van der Waals surface area contributed by atoms with Crippen LogP contribution in [-0.2, 0) is 6.54 Å². The van der Waals surface area contributed by atoms with Crippen LogP contribution in [0.25, 0.3) is 10.9 Å². The lowest BCUT2D eigenvalue weighted by molar-refractivity contribution is 0.208. The molecule has 0 N–H and O–H groups in total. The van der Waals surface area contributed by atoms with E-state index in [-0.39, 0.29) is 0 Å². The summed E-state index contributed by atoms with van der Waals surface area (Å²) in [4.78, 5) is 7.70. The summed E-state index contributed by atoms with van der Waals surface area (Å²) < 4.78 is 0. The van der Waals surface area contributed by atoms with Crippen molar-refractivity contribution in [2.75, 3.05) is 13.6 Å². The normalized spacial score (nSPS) is 22.7. The van der Waals surface area contributed by atoms with Crippen LogP contribution in [0.5, 0.6) is 0 Å². The average Bonchev–Trinajstić information content (AvgIpc) is 2.37. The number of para-hydroxylation sites is 1. The Balaban J connectivity index is 1.70. The minimum Gasteiger partial charge on any atom is -0.302 e. The van der Waals surface area contributed by atoms with Gasteiger partial charge in [0.2, 0.25) is 0 Å². The first-order chi connectivity index (χ1) is 9.22. The molecule has 1 fully saturated rings. The standard InChI is InChI=1S/C16H19BrN2/c1-19(10-12-8-15(17)9-12)11-14-5-2-4-13-6-3-7-18-16(13)14/h2-7,12,15H,8-11H2,1H3. The minimum absolute atomic E-state index is 0.755. The van der Waals surface area contributed by atoms with Crippen LogP contribution in [-0.4, -0.2) is 28.3 Å². The number of alkyl halides is 1. The highest BCUT2D eigenvalue weighted by Gasteiger charge is 2.27. The molecule has 0 bridgehead atoms. The second kappa shape index (κ2) is 5.59. The SMILES string of the molecule is CN(Cc1cccc2cccnc12)CC1CC(Br)C1. The zero-order chi connectivity index (χ0) is 13.2. The highest BCUT2D eigenvalue weighted by atomic mass is 79.9. The second-order valence-electron chi connectivity index (χ2n) is 5.62. The Morgan fingerprint density at radius 1 is 1.26 bits per heavy atom. The molecule has 2 nitrogen and oxygen atoms in total. The van der Waals surface area contributed by atoms with Crippen molar-refractivity contribution in [2.24, 2.45) is 5.92 Å². The molecular formula is C16H19BrN2. The number of pyridine rings is 1. The van der Waals surface area contributed by atoms with Gasteiger partial charge in [0.05, 0.1) is 5.52 Å². The molecule has 3 heteroatoms. The van der Waals surface area contributed by atoms with Crippen LogP contribution in [0.3, 0.4) is 0 Å². The van der Waals surface area contributed by atoms with Gasteiger partial charge < -0.3 is 4.90 Å². The highest BCUT2D eigenvalue weighted by Crippen LogP contribution is 2.33. The molecule has 3 rings (SSSR count). The van der Waals surface area contributed by atoms with E-state index in [1.807, 2.05) is 12.3 Å². The van der Waals surface area contributed by atoms with Crippen molar-refractivity contribution in [3.8, 4) is 0 Å². The van der Waals surface area contributed by atoms with Crippen LogP contribution >= 0.6 is 15.9 Å². The smallest absolute Gasteiger partial charge is 0.0746 e. The molecule has 0 radical (unpaired) electrons. The summed E-state index contributed by atoms with van der Waals surface area (Å²) in [5.41, 5.74) is 2.47. The molecule has 0 aliphatic heterocycles. The zero-order valence-corrected chi connectivity index (χ0v) is 12.8. The van der Waals surface area contributed by atoms with Crippen molar-refractivity contribution >= 4 is 26.8 Å². The lowest BCUT2D eigenvalue weighted by atomic mass is 9.85. The van der Waals surface area contributed by atoms with Crippen LogP contribution < -0.4 is 0 Å².